The largest absolute Gasteiger partial charge is 0.380 e. The monoisotopic (exact) mass is 266 g/mol. The summed E-state index contributed by atoms with van der Waals surface area (Å²) in [6, 6.07) is 2.13. The minimum Gasteiger partial charge on any atom is -0.380 e. The number of hydrogen-bond donors (Lipinski definition) is 1. The van der Waals surface area contributed by atoms with Crippen LogP contribution < -0.4 is 5.32 Å². The fourth-order valence-corrected chi connectivity index (χ4v) is 4.63. The molecule has 0 aromatic heterocycles. The summed E-state index contributed by atoms with van der Waals surface area (Å²) >= 11 is 0. The van der Waals surface area contributed by atoms with Crippen LogP contribution >= 0.6 is 0 Å². The normalized spacial score (nSPS) is 40.9. The van der Waals surface area contributed by atoms with E-state index in [2.05, 4.69) is 17.1 Å². The van der Waals surface area contributed by atoms with Crippen LogP contribution in [0.4, 0.5) is 0 Å². The summed E-state index contributed by atoms with van der Waals surface area (Å²) in [5.41, 5.74) is 0. The molecule has 0 bridgehead atoms. The van der Waals surface area contributed by atoms with Crippen molar-refractivity contribution in [3.8, 4) is 0 Å². The Kier molecular flexibility index (Phi) is 4.78. The van der Waals surface area contributed by atoms with Gasteiger partial charge in [0, 0.05) is 24.7 Å². The molecule has 0 radical (unpaired) electrons. The highest BCUT2D eigenvalue weighted by Gasteiger charge is 2.40. The molecule has 3 nitrogen and oxygen atoms in total. The van der Waals surface area contributed by atoms with Crippen LogP contribution in [-0.4, -0.2) is 49.3 Å². The topological polar surface area (TPSA) is 24.5 Å². The first kappa shape index (κ1) is 13.8. The van der Waals surface area contributed by atoms with Gasteiger partial charge in [-0.2, -0.15) is 0 Å². The van der Waals surface area contributed by atoms with Gasteiger partial charge in [0.1, 0.15) is 0 Å². The minimum atomic E-state index is 0.625. The maximum atomic E-state index is 5.81. The lowest BCUT2D eigenvalue weighted by Crippen LogP contribution is -2.61. The van der Waals surface area contributed by atoms with E-state index in [1.54, 1.807) is 0 Å². The van der Waals surface area contributed by atoms with Crippen LogP contribution in [0.25, 0.3) is 0 Å². The van der Waals surface area contributed by atoms with E-state index in [4.69, 9.17) is 4.74 Å². The zero-order valence-corrected chi connectivity index (χ0v) is 12.4. The second-order valence-electron chi connectivity index (χ2n) is 6.59. The number of likely N-dealkylation sites (N-methyl/N-ethyl adjacent to an activating group) is 1. The van der Waals surface area contributed by atoms with Gasteiger partial charge < -0.3 is 10.1 Å². The van der Waals surface area contributed by atoms with Crippen molar-refractivity contribution >= 4 is 0 Å². The summed E-state index contributed by atoms with van der Waals surface area (Å²) in [7, 11) is 0. The Bertz CT molecular complexity index is 280. The van der Waals surface area contributed by atoms with Gasteiger partial charge >= 0.3 is 0 Å². The Labute approximate surface area is 118 Å². The number of fused-ring (bicyclic) bond motifs is 1. The molecule has 3 heteroatoms. The first-order chi connectivity index (χ1) is 9.40. The van der Waals surface area contributed by atoms with E-state index < -0.39 is 0 Å². The average molecular weight is 266 g/mol. The molecule has 1 aliphatic carbocycles. The third kappa shape index (κ3) is 2.98. The summed E-state index contributed by atoms with van der Waals surface area (Å²) in [6.07, 6.45) is 9.87. The zero-order chi connectivity index (χ0) is 13.1. The maximum absolute atomic E-state index is 5.81. The molecule has 0 aromatic rings. The van der Waals surface area contributed by atoms with Crippen molar-refractivity contribution in [2.24, 2.45) is 5.92 Å². The van der Waals surface area contributed by atoms with E-state index in [-0.39, 0.29) is 0 Å². The van der Waals surface area contributed by atoms with E-state index in [9.17, 15) is 0 Å². The van der Waals surface area contributed by atoms with Gasteiger partial charge in [0.25, 0.3) is 0 Å². The van der Waals surface area contributed by atoms with Crippen LogP contribution in [0.5, 0.6) is 0 Å². The van der Waals surface area contributed by atoms with Gasteiger partial charge in [0.2, 0.25) is 0 Å². The molecule has 2 aliphatic heterocycles. The molecule has 110 valence electrons. The lowest BCUT2D eigenvalue weighted by Gasteiger charge is -2.50. The fourth-order valence-electron chi connectivity index (χ4n) is 4.63. The van der Waals surface area contributed by atoms with Crippen molar-refractivity contribution in [3.63, 3.8) is 0 Å². The van der Waals surface area contributed by atoms with Crippen molar-refractivity contribution < 1.29 is 4.74 Å². The van der Waals surface area contributed by atoms with Crippen LogP contribution in [-0.2, 0) is 4.74 Å². The SMILES string of the molecule is CCNC1CCOCC1N1CCC[C@H]2CCCC[C@H]21. The first-order valence-corrected chi connectivity index (χ1v) is 8.47. The summed E-state index contributed by atoms with van der Waals surface area (Å²) in [6.45, 7) is 6.50. The van der Waals surface area contributed by atoms with Crippen LogP contribution in [0, 0.1) is 5.92 Å². The lowest BCUT2D eigenvalue weighted by molar-refractivity contribution is -0.0526. The zero-order valence-electron chi connectivity index (χ0n) is 12.4. The van der Waals surface area contributed by atoms with Crippen molar-refractivity contribution in [1.82, 2.24) is 10.2 Å². The molecule has 3 rings (SSSR count). The lowest BCUT2D eigenvalue weighted by atomic mass is 9.77. The predicted molar refractivity (Wildman–Crippen MR) is 78.4 cm³/mol. The maximum Gasteiger partial charge on any atom is 0.0637 e. The van der Waals surface area contributed by atoms with Crippen LogP contribution in [0.2, 0.25) is 0 Å². The molecule has 2 unspecified atom stereocenters. The number of nitrogens with zero attached hydrogens (tertiary/aromatic N) is 1. The highest BCUT2D eigenvalue weighted by molar-refractivity contribution is 4.95. The Morgan fingerprint density at radius 3 is 2.79 bits per heavy atom. The van der Waals surface area contributed by atoms with E-state index in [1.165, 1.54) is 51.5 Å². The number of nitrogens with one attached hydrogen (secondary N) is 1. The number of hydrogen-bond acceptors (Lipinski definition) is 3. The smallest absolute Gasteiger partial charge is 0.0637 e. The van der Waals surface area contributed by atoms with Gasteiger partial charge in [-0.3, -0.25) is 4.90 Å². The third-order valence-corrected chi connectivity index (χ3v) is 5.50. The van der Waals surface area contributed by atoms with Gasteiger partial charge in [0.05, 0.1) is 6.61 Å². The molecule has 2 heterocycles. The Morgan fingerprint density at radius 2 is 1.89 bits per heavy atom. The number of rotatable bonds is 3. The Balaban J connectivity index is 1.70. The molecular formula is C16H30N2O. The first-order valence-electron chi connectivity index (χ1n) is 8.47. The van der Waals surface area contributed by atoms with E-state index >= 15 is 0 Å². The van der Waals surface area contributed by atoms with Crippen molar-refractivity contribution in [3.05, 3.63) is 0 Å². The van der Waals surface area contributed by atoms with Gasteiger partial charge in [-0.25, -0.2) is 0 Å². The summed E-state index contributed by atoms with van der Waals surface area (Å²) in [5, 5.41) is 3.71. The van der Waals surface area contributed by atoms with Crippen LogP contribution in [0.15, 0.2) is 0 Å². The summed E-state index contributed by atoms with van der Waals surface area (Å²) in [4.78, 5) is 2.83. The van der Waals surface area contributed by atoms with Crippen molar-refractivity contribution in [1.29, 1.82) is 0 Å². The van der Waals surface area contributed by atoms with Gasteiger partial charge in [-0.05, 0) is 51.1 Å². The second kappa shape index (κ2) is 6.55. The molecule has 1 N–H and O–H groups in total. The molecule has 19 heavy (non-hydrogen) atoms. The molecular weight excluding hydrogens is 236 g/mol. The summed E-state index contributed by atoms with van der Waals surface area (Å²) < 4.78 is 5.81. The molecule has 1 saturated carbocycles. The van der Waals surface area contributed by atoms with Crippen LogP contribution in [0.3, 0.4) is 0 Å². The Morgan fingerprint density at radius 1 is 1.05 bits per heavy atom. The molecule has 3 fully saturated rings. The van der Waals surface area contributed by atoms with Gasteiger partial charge in [-0.1, -0.05) is 19.8 Å². The second-order valence-corrected chi connectivity index (χ2v) is 6.59. The fraction of sp³-hybridized carbons (Fsp3) is 1.00. The minimum absolute atomic E-state index is 0.625. The van der Waals surface area contributed by atoms with Gasteiger partial charge in [-0.15, -0.1) is 0 Å². The van der Waals surface area contributed by atoms with Crippen molar-refractivity contribution in [2.45, 2.75) is 70.0 Å². The molecule has 0 aromatic carbocycles. The van der Waals surface area contributed by atoms with E-state index in [0.717, 1.165) is 31.7 Å². The van der Waals surface area contributed by atoms with Gasteiger partial charge in [0.15, 0.2) is 0 Å². The quantitative estimate of drug-likeness (QED) is 0.849. The molecule has 3 aliphatic rings. The molecule has 0 spiro atoms. The van der Waals surface area contributed by atoms with Crippen molar-refractivity contribution in [2.75, 3.05) is 26.3 Å². The highest BCUT2D eigenvalue weighted by Crippen LogP contribution is 2.37. The Hall–Kier alpha value is -0.120. The number of likely N-dealkylation sites (tertiary alicyclic amines) is 1. The molecule has 0 amide bonds. The average Bonchev–Trinajstić information content (AvgIpc) is 2.48. The summed E-state index contributed by atoms with van der Waals surface area (Å²) in [5.74, 6) is 0.978. The standard InChI is InChI=1S/C16H30N2O/c1-2-17-14-9-11-19-12-16(14)18-10-5-7-13-6-3-4-8-15(13)18/h13-17H,2-12H2,1H3/t13-,14?,15-,16?/m1/s1. The van der Waals surface area contributed by atoms with E-state index in [0.29, 0.717) is 12.1 Å². The third-order valence-electron chi connectivity index (χ3n) is 5.50. The van der Waals surface area contributed by atoms with E-state index in [1.807, 2.05) is 0 Å². The molecule has 4 atom stereocenters. The highest BCUT2D eigenvalue weighted by atomic mass is 16.5. The molecule has 2 saturated heterocycles. The van der Waals surface area contributed by atoms with Crippen LogP contribution in [0.1, 0.15) is 51.9 Å². The number of piperidine rings is 1. The predicted octanol–water partition coefficient (Wildman–Crippen LogP) is 2.41. The number of ether oxygens (including phenoxy) is 1.